The average molecular weight is 311 g/mol. The Balaban J connectivity index is 0.000000396. The Hall–Kier alpha value is -1.43. The molecule has 1 rings (SSSR count). The van der Waals surface area contributed by atoms with Gasteiger partial charge in [-0.2, -0.15) is 8.42 Å². The average Bonchev–Trinajstić information content (AvgIpc) is 2.35. The highest BCUT2D eigenvalue weighted by Crippen LogP contribution is 2.22. The molecule has 0 radical (unpaired) electrons. The summed E-state index contributed by atoms with van der Waals surface area (Å²) in [6.45, 7) is -0.360. The molecule has 0 bridgehead atoms. The molecule has 20 heavy (non-hydrogen) atoms. The van der Waals surface area contributed by atoms with Crippen LogP contribution in [0.1, 0.15) is 0 Å². The molecule has 11 heteroatoms. The molecule has 1 amide bonds. The summed E-state index contributed by atoms with van der Waals surface area (Å²) in [5.41, 5.74) is 3.64. The number of nitrogens with two attached hydrogens (primary N) is 1. The second kappa shape index (κ2) is 6.83. The van der Waals surface area contributed by atoms with E-state index in [1.54, 1.807) is 7.05 Å². The van der Waals surface area contributed by atoms with E-state index in [2.05, 4.69) is 15.0 Å². The molecule has 4 N–H and O–H groups in total. The summed E-state index contributed by atoms with van der Waals surface area (Å²) in [4.78, 5) is 16.8. The van der Waals surface area contributed by atoms with E-state index >= 15 is 0 Å². The van der Waals surface area contributed by atoms with Crippen LogP contribution in [0.15, 0.2) is 4.99 Å². The number of hydrogen-bond acceptors (Lipinski definition) is 6. The van der Waals surface area contributed by atoms with Crippen molar-refractivity contribution >= 4 is 22.2 Å². The lowest BCUT2D eigenvalue weighted by molar-refractivity contribution is -0.169. The number of aliphatic imine (C=N–C) groups is 1. The van der Waals surface area contributed by atoms with Gasteiger partial charge in [0.2, 0.25) is 5.72 Å². The normalized spacial score (nSPS) is 22.6. The van der Waals surface area contributed by atoms with Gasteiger partial charge in [0.15, 0.2) is 5.96 Å². The Kier molecular flexibility index (Phi) is 6.34. The van der Waals surface area contributed by atoms with Crippen molar-refractivity contribution in [3.63, 3.8) is 0 Å². The fourth-order valence-corrected chi connectivity index (χ4v) is 2.07. The van der Waals surface area contributed by atoms with Gasteiger partial charge in [-0.05, 0) is 0 Å². The van der Waals surface area contributed by atoms with E-state index in [0.29, 0.717) is 0 Å². The molecule has 0 aromatic heterocycles. The fourth-order valence-electron chi connectivity index (χ4n) is 1.35. The number of rotatable bonds is 2. The number of methoxy groups -OCH3 is 1. The van der Waals surface area contributed by atoms with Gasteiger partial charge in [-0.15, -0.1) is 0 Å². The molecule has 0 aromatic rings. The summed E-state index contributed by atoms with van der Waals surface area (Å²) in [5, 5.41) is 2.93. The highest BCUT2D eigenvalue weighted by molar-refractivity contribution is 7.84. The van der Waals surface area contributed by atoms with Crippen LogP contribution in [0.5, 0.6) is 0 Å². The van der Waals surface area contributed by atoms with E-state index in [1.807, 2.05) is 26.0 Å². The van der Waals surface area contributed by atoms with Crippen molar-refractivity contribution in [2.75, 3.05) is 41.8 Å². The molecule has 118 valence electrons. The zero-order valence-electron chi connectivity index (χ0n) is 12.1. The number of nitrogens with one attached hydrogen (secondary N) is 1. The zero-order valence-corrected chi connectivity index (χ0v) is 12.9. The van der Waals surface area contributed by atoms with Crippen molar-refractivity contribution in [1.82, 2.24) is 14.5 Å². The van der Waals surface area contributed by atoms with Gasteiger partial charge in [-0.3, -0.25) is 20.1 Å². The maximum absolute atomic E-state index is 10.9. The summed E-state index contributed by atoms with van der Waals surface area (Å²) < 4.78 is 33.9. The lowest BCUT2D eigenvalue weighted by Crippen LogP contribution is -2.73. The van der Waals surface area contributed by atoms with E-state index < -0.39 is 21.9 Å². The predicted octanol–water partition coefficient (Wildman–Crippen LogP) is -2.31. The maximum atomic E-state index is 10.9. The van der Waals surface area contributed by atoms with Crippen molar-refractivity contribution in [2.24, 2.45) is 10.7 Å². The monoisotopic (exact) mass is 311 g/mol. The molecule has 1 fully saturated rings. The van der Waals surface area contributed by atoms with E-state index in [9.17, 15) is 13.2 Å². The minimum absolute atomic E-state index is 0.233. The van der Waals surface area contributed by atoms with Crippen molar-refractivity contribution < 1.29 is 22.5 Å². The largest absolute Gasteiger partial charge is 0.362 e. The van der Waals surface area contributed by atoms with Crippen LogP contribution in [0.2, 0.25) is 0 Å². The second-order valence-electron chi connectivity index (χ2n) is 4.07. The Bertz CT molecular complexity index is 477. The third-order valence-electron chi connectivity index (χ3n) is 2.47. The summed E-state index contributed by atoms with van der Waals surface area (Å²) in [6.07, 6.45) is 0. The van der Waals surface area contributed by atoms with Gasteiger partial charge in [0.25, 0.3) is 5.91 Å². The van der Waals surface area contributed by atoms with Gasteiger partial charge in [-0.1, -0.05) is 0 Å². The Labute approximate surface area is 118 Å². The summed E-state index contributed by atoms with van der Waals surface area (Å²) in [6, 6.07) is 0. The third kappa shape index (κ3) is 4.30. The van der Waals surface area contributed by atoms with E-state index in [1.165, 1.54) is 7.11 Å². The summed E-state index contributed by atoms with van der Waals surface area (Å²) >= 11 is 0. The number of ether oxygens (including phenoxy) is 1. The second-order valence-corrected chi connectivity index (χ2v) is 5.41. The van der Waals surface area contributed by atoms with Crippen LogP contribution < -0.4 is 11.1 Å². The quantitative estimate of drug-likeness (QED) is 0.170. The first-order valence-electron chi connectivity index (χ1n) is 5.49. The lowest BCUT2D eigenvalue weighted by Gasteiger charge is -2.41. The van der Waals surface area contributed by atoms with Crippen LogP contribution in [0.25, 0.3) is 0 Å². The molecule has 1 atom stereocenters. The number of β-lactam (4-membered cyclic amide) rings is 1. The molecule has 1 heterocycles. The van der Waals surface area contributed by atoms with Gasteiger partial charge in [-0.25, -0.2) is 4.31 Å². The molecule has 1 saturated heterocycles. The van der Waals surface area contributed by atoms with Crippen LogP contribution in [-0.2, 0) is 19.8 Å². The molecule has 0 aliphatic carbocycles. The third-order valence-corrected chi connectivity index (χ3v) is 3.32. The highest BCUT2D eigenvalue weighted by atomic mass is 32.2. The van der Waals surface area contributed by atoms with Gasteiger partial charge in [0.1, 0.15) is 0 Å². The Morgan fingerprint density at radius 1 is 1.60 bits per heavy atom. The van der Waals surface area contributed by atoms with E-state index in [-0.39, 0.29) is 10.8 Å². The number of guanidine groups is 1. The van der Waals surface area contributed by atoms with Crippen molar-refractivity contribution in [3.05, 3.63) is 0 Å². The minimum atomic E-state index is -4.47. The van der Waals surface area contributed by atoms with Gasteiger partial charge in [0, 0.05) is 35.3 Å². The van der Waals surface area contributed by atoms with Crippen LogP contribution in [0.4, 0.5) is 0 Å². The van der Waals surface area contributed by atoms with Gasteiger partial charge < -0.3 is 15.0 Å². The smallest absolute Gasteiger partial charge is 0.359 e. The molecular formula is C9H21N5O5S. The molecule has 0 aromatic carbocycles. The van der Waals surface area contributed by atoms with E-state index in [0.717, 1.165) is 5.96 Å². The summed E-state index contributed by atoms with van der Waals surface area (Å²) in [5.74, 6) is -0.0718. The SMILES string of the molecule is C/N=C(\NC)N(C)C.COC1(N)CN(S(=O)(=O)O)C1=O. The standard InChI is InChI=1S/C5H13N3.C4H8N2O5S/c1-6-5(7-2)8(3)4;1-11-4(5)2-6(3(4)7)12(8,9)10/h1-4H3,(H,6,7);2,5H2,1H3,(H,8,9,10). The molecule has 0 spiro atoms. The number of carbonyl (C=O) groups excluding carboxylic acids is 1. The Morgan fingerprint density at radius 2 is 2.10 bits per heavy atom. The van der Waals surface area contributed by atoms with Crippen molar-refractivity contribution in [3.8, 4) is 0 Å². The summed E-state index contributed by atoms with van der Waals surface area (Å²) in [7, 11) is 4.20. The van der Waals surface area contributed by atoms with Crippen LogP contribution in [-0.4, -0.2) is 81.6 Å². The molecule has 10 nitrogen and oxygen atoms in total. The maximum Gasteiger partial charge on any atom is 0.362 e. The molecule has 0 saturated carbocycles. The first-order chi connectivity index (χ1) is 9.03. The molecule has 1 aliphatic rings. The van der Waals surface area contributed by atoms with Crippen molar-refractivity contribution in [2.45, 2.75) is 5.72 Å². The van der Waals surface area contributed by atoms with Gasteiger partial charge >= 0.3 is 10.3 Å². The first kappa shape index (κ1) is 18.6. The molecular weight excluding hydrogens is 290 g/mol. The zero-order chi connectivity index (χ0) is 16.1. The van der Waals surface area contributed by atoms with Crippen LogP contribution >= 0.6 is 0 Å². The van der Waals surface area contributed by atoms with Crippen molar-refractivity contribution in [1.29, 1.82) is 0 Å². The highest BCUT2D eigenvalue weighted by Gasteiger charge is 2.54. The topological polar surface area (TPSA) is 138 Å². The Morgan fingerprint density at radius 3 is 2.25 bits per heavy atom. The van der Waals surface area contributed by atoms with Crippen LogP contribution in [0, 0.1) is 0 Å². The van der Waals surface area contributed by atoms with Gasteiger partial charge in [0.05, 0.1) is 6.54 Å². The fraction of sp³-hybridized carbons (Fsp3) is 0.778. The number of carbonyl (C=O) groups is 1. The number of hydrogen-bond donors (Lipinski definition) is 3. The number of nitrogens with zero attached hydrogens (tertiary/aromatic N) is 3. The predicted molar refractivity (Wildman–Crippen MR) is 73.3 cm³/mol. The van der Waals surface area contributed by atoms with Crippen LogP contribution in [0.3, 0.4) is 0 Å². The number of amides is 1. The first-order valence-corrected chi connectivity index (χ1v) is 6.88. The molecule has 1 aliphatic heterocycles. The molecule has 1 unspecified atom stereocenters. The minimum Gasteiger partial charge on any atom is -0.359 e. The van der Waals surface area contributed by atoms with E-state index in [4.69, 9.17) is 10.3 Å². The lowest BCUT2D eigenvalue weighted by atomic mass is 10.1.